The minimum Gasteiger partial charge on any atom is -0.307 e. The summed E-state index contributed by atoms with van der Waals surface area (Å²) >= 11 is 0. The summed E-state index contributed by atoms with van der Waals surface area (Å²) in [5.41, 5.74) is 0.512. The number of nitrogens with zero attached hydrogens (tertiary/aromatic N) is 1. The Hall–Kier alpha value is -1.25. The van der Waals surface area contributed by atoms with Crippen molar-refractivity contribution in [2.45, 2.75) is 51.6 Å². The van der Waals surface area contributed by atoms with E-state index >= 15 is 4.11 Å². The van der Waals surface area contributed by atoms with Gasteiger partial charge >= 0.3 is 0 Å². The number of carbonyl (C=O) groups excluding carboxylic acids is 1. The molecule has 0 unspecified atom stereocenters. The van der Waals surface area contributed by atoms with Crippen LogP contribution < -0.4 is 5.19 Å². The highest BCUT2D eigenvalue weighted by molar-refractivity contribution is 6.90. The monoisotopic (exact) mass is 279 g/mol. The third-order valence-corrected chi connectivity index (χ3v) is 8.77. The first-order valence-electron chi connectivity index (χ1n) is 6.41. The molecule has 0 aromatic heterocycles. The van der Waals surface area contributed by atoms with Gasteiger partial charge in [-0.25, -0.2) is 4.79 Å². The van der Waals surface area contributed by atoms with Crippen molar-refractivity contribution in [3.05, 3.63) is 24.3 Å². The van der Waals surface area contributed by atoms with Crippen molar-refractivity contribution < 1.29 is 8.90 Å². The molecule has 19 heavy (non-hydrogen) atoms. The van der Waals surface area contributed by atoms with Crippen LogP contribution in [0.2, 0.25) is 10.1 Å². The minimum atomic E-state index is -3.21. The second-order valence-corrected chi connectivity index (χ2v) is 11.8. The number of halogens is 1. The molecule has 0 atom stereocenters. The molecule has 1 aromatic rings. The van der Waals surface area contributed by atoms with E-state index < -0.39 is 18.5 Å². The van der Waals surface area contributed by atoms with E-state index in [0.29, 0.717) is 5.69 Å². The minimum absolute atomic E-state index is 0.402. The average Bonchev–Trinajstić information content (AvgIpc) is 2.26. The molecule has 0 radical (unpaired) electrons. The molecule has 0 bridgehead atoms. The summed E-state index contributed by atoms with van der Waals surface area (Å²) in [6, 6.07) is 6.88. The number of hydrogen-bond acceptors (Lipinski definition) is 2. The van der Waals surface area contributed by atoms with Gasteiger partial charge in [-0.05, 0) is 27.4 Å². The number of benzene rings is 1. The quantitative estimate of drug-likeness (QED) is 0.342. The molecular formula is C15H22FNOSi. The Bertz CT molecular complexity index is 476. The van der Waals surface area contributed by atoms with Crippen LogP contribution in [0.25, 0.3) is 0 Å². The molecule has 0 spiro atoms. The molecule has 0 aliphatic heterocycles. The molecule has 0 saturated carbocycles. The van der Waals surface area contributed by atoms with Crippen molar-refractivity contribution >= 4 is 25.4 Å². The van der Waals surface area contributed by atoms with Crippen molar-refractivity contribution in [1.29, 1.82) is 0 Å². The second kappa shape index (κ2) is 5.03. The lowest BCUT2D eigenvalue weighted by Crippen LogP contribution is -2.57. The van der Waals surface area contributed by atoms with E-state index in [1.165, 1.54) is 6.08 Å². The molecular weight excluding hydrogens is 257 g/mol. The maximum absolute atomic E-state index is 15.9. The summed E-state index contributed by atoms with van der Waals surface area (Å²) < 4.78 is 15.9. The maximum atomic E-state index is 15.9. The first-order chi connectivity index (χ1) is 8.54. The zero-order chi connectivity index (χ0) is 14.9. The van der Waals surface area contributed by atoms with Gasteiger partial charge in [0.1, 0.15) is 0 Å². The Morgan fingerprint density at radius 3 is 1.74 bits per heavy atom. The number of rotatable bonds is 2. The maximum Gasteiger partial charge on any atom is 0.288 e. The van der Waals surface area contributed by atoms with Crippen LogP contribution in [0.4, 0.5) is 9.80 Å². The van der Waals surface area contributed by atoms with E-state index in [0.717, 1.165) is 5.19 Å². The van der Waals surface area contributed by atoms with Crippen molar-refractivity contribution in [1.82, 2.24) is 0 Å². The molecule has 0 aliphatic carbocycles. The fraction of sp³-hybridized carbons (Fsp3) is 0.533. The molecule has 2 nitrogen and oxygen atoms in total. The highest BCUT2D eigenvalue weighted by Crippen LogP contribution is 2.51. The fourth-order valence-electron chi connectivity index (χ4n) is 2.81. The van der Waals surface area contributed by atoms with Crippen molar-refractivity contribution in [2.75, 3.05) is 0 Å². The van der Waals surface area contributed by atoms with Crippen LogP contribution >= 0.6 is 0 Å². The zero-order valence-corrected chi connectivity index (χ0v) is 13.5. The second-order valence-electron chi connectivity index (χ2n) is 6.91. The first kappa shape index (κ1) is 15.8. The van der Waals surface area contributed by atoms with Gasteiger partial charge in [-0.2, -0.15) is 4.99 Å². The van der Waals surface area contributed by atoms with E-state index in [2.05, 4.69) is 4.99 Å². The normalized spacial score (nSPS) is 13.0. The van der Waals surface area contributed by atoms with Gasteiger partial charge in [0.25, 0.3) is 8.41 Å². The van der Waals surface area contributed by atoms with Crippen molar-refractivity contribution in [2.24, 2.45) is 4.99 Å². The Morgan fingerprint density at radius 1 is 1.00 bits per heavy atom. The van der Waals surface area contributed by atoms with Gasteiger partial charge in [0.15, 0.2) is 0 Å². The summed E-state index contributed by atoms with van der Waals surface area (Å²) in [6.07, 6.45) is 1.50. The zero-order valence-electron chi connectivity index (χ0n) is 12.5. The van der Waals surface area contributed by atoms with E-state index in [4.69, 9.17) is 0 Å². The molecule has 1 aromatic carbocycles. The van der Waals surface area contributed by atoms with Gasteiger partial charge in [0.05, 0.1) is 5.69 Å². The third-order valence-electron chi connectivity index (χ3n) is 3.51. The van der Waals surface area contributed by atoms with Crippen molar-refractivity contribution in [3.8, 4) is 0 Å². The van der Waals surface area contributed by atoms with Gasteiger partial charge in [0, 0.05) is 0 Å². The van der Waals surface area contributed by atoms with Gasteiger partial charge in [-0.1, -0.05) is 53.7 Å². The molecule has 0 N–H and O–H groups in total. The molecule has 0 saturated heterocycles. The van der Waals surface area contributed by atoms with Gasteiger partial charge in [-0.3, -0.25) is 0 Å². The Morgan fingerprint density at radius 2 is 1.42 bits per heavy atom. The molecule has 1 rings (SSSR count). The first-order valence-corrected chi connectivity index (χ1v) is 8.29. The van der Waals surface area contributed by atoms with E-state index in [1.54, 1.807) is 24.3 Å². The van der Waals surface area contributed by atoms with Gasteiger partial charge in [0.2, 0.25) is 6.08 Å². The summed E-state index contributed by atoms with van der Waals surface area (Å²) in [5.74, 6) is 0. The van der Waals surface area contributed by atoms with Gasteiger partial charge in [-0.15, -0.1) is 0 Å². The predicted molar refractivity (Wildman–Crippen MR) is 80.1 cm³/mol. The lowest BCUT2D eigenvalue weighted by Gasteiger charge is -2.44. The Balaban J connectivity index is 3.39. The van der Waals surface area contributed by atoms with Gasteiger partial charge < -0.3 is 4.11 Å². The fourth-order valence-corrected chi connectivity index (χ4v) is 7.42. The number of isocyanates is 1. The van der Waals surface area contributed by atoms with Crippen LogP contribution in [0.15, 0.2) is 29.3 Å². The third kappa shape index (κ3) is 2.85. The average molecular weight is 279 g/mol. The SMILES string of the molecule is CC(C)(C)[Si](F)(c1ccc(N=C=O)cc1)C(C)(C)C. The smallest absolute Gasteiger partial charge is 0.288 e. The van der Waals surface area contributed by atoms with Crippen LogP contribution in [0, 0.1) is 0 Å². The van der Waals surface area contributed by atoms with Crippen LogP contribution in [-0.2, 0) is 4.79 Å². The van der Waals surface area contributed by atoms with Crippen molar-refractivity contribution in [3.63, 3.8) is 0 Å². The van der Waals surface area contributed by atoms with E-state index in [1.807, 2.05) is 41.5 Å². The van der Waals surface area contributed by atoms with E-state index in [-0.39, 0.29) is 0 Å². The standard InChI is InChI=1S/C15H22FNOSi/c1-14(2,3)19(16,15(4,5)6)13-9-7-12(8-10-13)17-11-18/h7-10H,1-6H3. The molecule has 4 heteroatoms. The molecule has 104 valence electrons. The number of aliphatic imine (C=N–C) groups is 1. The molecule has 0 fully saturated rings. The summed E-state index contributed by atoms with van der Waals surface area (Å²) in [5, 5.41) is -0.0566. The van der Waals surface area contributed by atoms with Crippen LogP contribution in [0.5, 0.6) is 0 Å². The molecule has 0 heterocycles. The van der Waals surface area contributed by atoms with Crippen LogP contribution in [0.1, 0.15) is 41.5 Å². The van der Waals surface area contributed by atoms with Crippen LogP contribution in [-0.4, -0.2) is 14.5 Å². The predicted octanol–water partition coefficient (Wildman–Crippen LogP) is 4.38. The number of hydrogen-bond donors (Lipinski definition) is 0. The highest BCUT2D eigenvalue weighted by atomic mass is 28.4. The topological polar surface area (TPSA) is 29.4 Å². The molecule has 0 amide bonds. The summed E-state index contributed by atoms with van der Waals surface area (Å²) in [4.78, 5) is 13.8. The van der Waals surface area contributed by atoms with E-state index in [9.17, 15) is 4.79 Å². The Kier molecular flexibility index (Phi) is 4.18. The van der Waals surface area contributed by atoms with Crippen LogP contribution in [0.3, 0.4) is 0 Å². The summed E-state index contributed by atoms with van der Waals surface area (Å²) in [6.45, 7) is 11.8. The highest BCUT2D eigenvalue weighted by Gasteiger charge is 2.56. The lowest BCUT2D eigenvalue weighted by molar-refractivity contribution is 0.535. The molecule has 0 aliphatic rings. The lowest BCUT2D eigenvalue weighted by atomic mass is 10.2. The Labute approximate surface area is 115 Å². The largest absolute Gasteiger partial charge is 0.307 e. The summed E-state index contributed by atoms with van der Waals surface area (Å²) in [7, 11) is -3.21.